The second-order valence-corrected chi connectivity index (χ2v) is 8.54. The third-order valence-electron chi connectivity index (χ3n) is 4.64. The Hall–Kier alpha value is -2.78. The van der Waals surface area contributed by atoms with E-state index in [1.165, 1.54) is 6.92 Å². The van der Waals surface area contributed by atoms with Crippen LogP contribution in [0.3, 0.4) is 0 Å². The monoisotopic (exact) mass is 419 g/mol. The average molecular weight is 419 g/mol. The SMILES string of the molecule is C[C@@H](NS(=O)(=O)c1ccc(F)cc1)C(=O)NCc1ccc(N2CCCC2=O)cc1. The van der Waals surface area contributed by atoms with E-state index in [4.69, 9.17) is 0 Å². The van der Waals surface area contributed by atoms with E-state index in [2.05, 4.69) is 10.0 Å². The van der Waals surface area contributed by atoms with E-state index in [0.29, 0.717) is 13.0 Å². The molecule has 7 nitrogen and oxygen atoms in total. The topological polar surface area (TPSA) is 95.6 Å². The van der Waals surface area contributed by atoms with Crippen LogP contribution in [-0.4, -0.2) is 32.8 Å². The van der Waals surface area contributed by atoms with Gasteiger partial charge in [0.2, 0.25) is 21.8 Å². The molecule has 0 radical (unpaired) electrons. The van der Waals surface area contributed by atoms with Crippen LogP contribution >= 0.6 is 0 Å². The molecule has 0 unspecified atom stereocenters. The fraction of sp³-hybridized carbons (Fsp3) is 0.300. The van der Waals surface area contributed by atoms with Gasteiger partial charge >= 0.3 is 0 Å². The van der Waals surface area contributed by atoms with Gasteiger partial charge in [-0.15, -0.1) is 0 Å². The number of anilines is 1. The first-order valence-corrected chi connectivity index (χ1v) is 10.7. The molecule has 3 rings (SSSR count). The second-order valence-electron chi connectivity index (χ2n) is 6.83. The summed E-state index contributed by atoms with van der Waals surface area (Å²) in [4.78, 5) is 25.6. The molecule has 9 heteroatoms. The minimum absolute atomic E-state index is 0.105. The van der Waals surface area contributed by atoms with Crippen molar-refractivity contribution in [3.63, 3.8) is 0 Å². The van der Waals surface area contributed by atoms with Crippen molar-refractivity contribution in [2.24, 2.45) is 0 Å². The van der Waals surface area contributed by atoms with Crippen LogP contribution in [0.25, 0.3) is 0 Å². The van der Waals surface area contributed by atoms with Gasteiger partial charge in [-0.3, -0.25) is 9.59 Å². The smallest absolute Gasteiger partial charge is 0.241 e. The maximum absolute atomic E-state index is 13.0. The molecule has 0 aliphatic carbocycles. The standard InChI is InChI=1S/C20H22FN3O4S/c1-14(23-29(27,28)18-10-6-16(21)7-11-18)20(26)22-13-15-4-8-17(9-5-15)24-12-2-3-19(24)25/h4-11,14,23H,2-3,12-13H2,1H3,(H,22,26)/t14-/m1/s1. The number of rotatable bonds is 7. The molecule has 2 aromatic carbocycles. The van der Waals surface area contributed by atoms with E-state index < -0.39 is 27.8 Å². The summed E-state index contributed by atoms with van der Waals surface area (Å²) in [6.45, 7) is 2.36. The van der Waals surface area contributed by atoms with Crippen LogP contribution in [-0.2, 0) is 26.2 Å². The van der Waals surface area contributed by atoms with Gasteiger partial charge in [-0.25, -0.2) is 12.8 Å². The fourth-order valence-corrected chi connectivity index (χ4v) is 4.23. The number of carbonyl (C=O) groups excluding carboxylic acids is 2. The van der Waals surface area contributed by atoms with Gasteiger partial charge in [0.15, 0.2) is 0 Å². The van der Waals surface area contributed by atoms with Crippen molar-refractivity contribution in [3.8, 4) is 0 Å². The predicted molar refractivity (Wildman–Crippen MR) is 106 cm³/mol. The molecular formula is C20H22FN3O4S. The molecule has 2 amide bonds. The number of nitrogens with one attached hydrogen (secondary N) is 2. The Bertz CT molecular complexity index is 991. The van der Waals surface area contributed by atoms with Gasteiger partial charge in [-0.2, -0.15) is 4.72 Å². The molecule has 0 aromatic heterocycles. The lowest BCUT2D eigenvalue weighted by Gasteiger charge is -2.17. The number of amides is 2. The molecule has 1 aliphatic heterocycles. The zero-order valence-electron chi connectivity index (χ0n) is 15.9. The number of benzene rings is 2. The van der Waals surface area contributed by atoms with Crippen LogP contribution in [0.1, 0.15) is 25.3 Å². The van der Waals surface area contributed by atoms with Gasteiger partial charge in [-0.1, -0.05) is 12.1 Å². The van der Waals surface area contributed by atoms with Crippen molar-refractivity contribution in [2.75, 3.05) is 11.4 Å². The van der Waals surface area contributed by atoms with Crippen molar-refractivity contribution < 1.29 is 22.4 Å². The first-order chi connectivity index (χ1) is 13.8. The zero-order valence-corrected chi connectivity index (χ0v) is 16.7. The van der Waals surface area contributed by atoms with Gasteiger partial charge in [0.1, 0.15) is 5.82 Å². The van der Waals surface area contributed by atoms with Crippen LogP contribution in [0.4, 0.5) is 10.1 Å². The minimum Gasteiger partial charge on any atom is -0.351 e. The number of hydrogen-bond acceptors (Lipinski definition) is 4. The summed E-state index contributed by atoms with van der Waals surface area (Å²) in [6.07, 6.45) is 1.41. The number of sulfonamides is 1. The summed E-state index contributed by atoms with van der Waals surface area (Å²) in [7, 11) is -3.94. The van der Waals surface area contributed by atoms with Crippen LogP contribution in [0.5, 0.6) is 0 Å². The van der Waals surface area contributed by atoms with Gasteiger partial charge in [-0.05, 0) is 55.3 Å². The van der Waals surface area contributed by atoms with E-state index in [-0.39, 0.29) is 17.3 Å². The molecule has 2 N–H and O–H groups in total. The van der Waals surface area contributed by atoms with Crippen LogP contribution < -0.4 is 14.9 Å². The summed E-state index contributed by atoms with van der Waals surface area (Å²) in [5.41, 5.74) is 1.64. The van der Waals surface area contributed by atoms with Crippen molar-refractivity contribution in [2.45, 2.75) is 37.2 Å². The molecule has 1 fully saturated rings. The maximum atomic E-state index is 13.0. The molecule has 154 valence electrons. The highest BCUT2D eigenvalue weighted by Gasteiger charge is 2.23. The van der Waals surface area contributed by atoms with Crippen LogP contribution in [0.15, 0.2) is 53.4 Å². The molecule has 1 heterocycles. The lowest BCUT2D eigenvalue weighted by Crippen LogP contribution is -2.44. The Balaban J connectivity index is 1.54. The lowest BCUT2D eigenvalue weighted by molar-refractivity contribution is -0.122. The maximum Gasteiger partial charge on any atom is 0.241 e. The zero-order chi connectivity index (χ0) is 21.0. The number of carbonyl (C=O) groups is 2. The highest BCUT2D eigenvalue weighted by atomic mass is 32.2. The van der Waals surface area contributed by atoms with Crippen LogP contribution in [0.2, 0.25) is 0 Å². The van der Waals surface area contributed by atoms with Gasteiger partial charge in [0.05, 0.1) is 10.9 Å². The molecule has 0 bridgehead atoms. The van der Waals surface area contributed by atoms with Crippen molar-refractivity contribution in [3.05, 3.63) is 59.9 Å². The second kappa shape index (κ2) is 8.71. The highest BCUT2D eigenvalue weighted by Crippen LogP contribution is 2.21. The van der Waals surface area contributed by atoms with Gasteiger partial charge in [0, 0.05) is 25.2 Å². The molecule has 1 atom stereocenters. The molecule has 2 aromatic rings. The molecule has 1 saturated heterocycles. The van der Waals surface area contributed by atoms with E-state index in [9.17, 15) is 22.4 Å². The number of hydrogen-bond donors (Lipinski definition) is 2. The van der Waals surface area contributed by atoms with Crippen LogP contribution in [0, 0.1) is 5.82 Å². The van der Waals surface area contributed by atoms with Crippen molar-refractivity contribution in [1.29, 1.82) is 0 Å². The Kier molecular flexibility index (Phi) is 6.29. The first-order valence-electron chi connectivity index (χ1n) is 9.21. The van der Waals surface area contributed by atoms with Crippen molar-refractivity contribution >= 4 is 27.5 Å². The molecule has 0 spiro atoms. The molecule has 29 heavy (non-hydrogen) atoms. The Labute approximate surface area is 169 Å². The summed E-state index contributed by atoms with van der Waals surface area (Å²) in [6, 6.07) is 10.6. The molecular weight excluding hydrogens is 397 g/mol. The Morgan fingerprint density at radius 1 is 1.14 bits per heavy atom. The lowest BCUT2D eigenvalue weighted by atomic mass is 10.2. The Morgan fingerprint density at radius 3 is 2.38 bits per heavy atom. The number of halogens is 1. The molecule has 0 saturated carbocycles. The predicted octanol–water partition coefficient (Wildman–Crippen LogP) is 1.94. The summed E-state index contributed by atoms with van der Waals surface area (Å²) in [5.74, 6) is -0.933. The minimum atomic E-state index is -3.94. The normalized spacial score (nSPS) is 15.4. The summed E-state index contributed by atoms with van der Waals surface area (Å²) in [5, 5.41) is 2.67. The third kappa shape index (κ3) is 5.18. The van der Waals surface area contributed by atoms with Gasteiger partial charge in [0.25, 0.3) is 0 Å². The summed E-state index contributed by atoms with van der Waals surface area (Å²) >= 11 is 0. The number of nitrogens with zero attached hydrogens (tertiary/aromatic N) is 1. The highest BCUT2D eigenvalue weighted by molar-refractivity contribution is 7.89. The summed E-state index contributed by atoms with van der Waals surface area (Å²) < 4.78 is 39.8. The van der Waals surface area contributed by atoms with E-state index >= 15 is 0 Å². The van der Waals surface area contributed by atoms with Crippen molar-refractivity contribution in [1.82, 2.24) is 10.0 Å². The molecule has 1 aliphatic rings. The van der Waals surface area contributed by atoms with E-state index in [1.807, 2.05) is 24.3 Å². The quantitative estimate of drug-likeness (QED) is 0.717. The average Bonchev–Trinajstić information content (AvgIpc) is 3.12. The first kappa shape index (κ1) is 20.9. The van der Waals surface area contributed by atoms with E-state index in [0.717, 1.165) is 41.9 Å². The largest absolute Gasteiger partial charge is 0.351 e. The Morgan fingerprint density at radius 2 is 1.79 bits per heavy atom. The van der Waals surface area contributed by atoms with E-state index in [1.54, 1.807) is 4.90 Å². The third-order valence-corrected chi connectivity index (χ3v) is 6.19. The fourth-order valence-electron chi connectivity index (χ4n) is 3.03. The van der Waals surface area contributed by atoms with Gasteiger partial charge < -0.3 is 10.2 Å².